The molecule has 11 heteroatoms. The first-order valence-corrected chi connectivity index (χ1v) is 16.3. The van der Waals surface area contributed by atoms with Crippen molar-refractivity contribution in [1.82, 2.24) is 5.32 Å². The van der Waals surface area contributed by atoms with Gasteiger partial charge in [0.05, 0.1) is 6.04 Å². The third-order valence-corrected chi connectivity index (χ3v) is 11.8. The predicted octanol–water partition coefficient (Wildman–Crippen LogP) is 9.08. The SMILES string of the molecule is C[C@]12CCC3C(CCC4=CCC(C=O)C[C@@]43C)C1CCC2C(=O)NC(c1ccc(OC(F)(F)F)cc1)c1ccc(OC(F)(F)F)cc1. The molecular weight excluding hydrogens is 624 g/mol. The number of aldehydes is 1. The fourth-order valence-electron chi connectivity index (χ4n) is 9.73. The highest BCUT2D eigenvalue weighted by Crippen LogP contribution is 2.67. The number of rotatable bonds is 7. The Morgan fingerprint density at radius 3 is 1.96 bits per heavy atom. The van der Waals surface area contributed by atoms with E-state index in [1.165, 1.54) is 29.8 Å². The zero-order chi connectivity index (χ0) is 33.8. The smallest absolute Gasteiger partial charge is 0.406 e. The molecule has 1 amide bonds. The number of alkyl halides is 6. The van der Waals surface area contributed by atoms with E-state index in [1.54, 1.807) is 0 Å². The summed E-state index contributed by atoms with van der Waals surface area (Å²) in [4.78, 5) is 25.9. The van der Waals surface area contributed by atoms with E-state index in [-0.39, 0.29) is 28.6 Å². The van der Waals surface area contributed by atoms with Gasteiger partial charge in [0.15, 0.2) is 0 Å². The van der Waals surface area contributed by atoms with Crippen molar-refractivity contribution >= 4 is 12.2 Å². The Balaban J connectivity index is 1.24. The number of hydrogen-bond acceptors (Lipinski definition) is 4. The van der Waals surface area contributed by atoms with Gasteiger partial charge in [0.2, 0.25) is 5.91 Å². The molecule has 5 unspecified atom stereocenters. The average Bonchev–Trinajstić information content (AvgIpc) is 3.36. The Labute approximate surface area is 270 Å². The first-order valence-electron chi connectivity index (χ1n) is 16.3. The van der Waals surface area contributed by atoms with Crippen molar-refractivity contribution in [2.45, 2.75) is 84.0 Å². The lowest BCUT2D eigenvalue weighted by atomic mass is 9.46. The Bertz CT molecular complexity index is 1440. The molecule has 0 spiro atoms. The lowest BCUT2D eigenvalue weighted by Gasteiger charge is -2.58. The van der Waals surface area contributed by atoms with Gasteiger partial charge in [-0.25, -0.2) is 0 Å². The van der Waals surface area contributed by atoms with Gasteiger partial charge in [-0.1, -0.05) is 49.8 Å². The number of ether oxygens (including phenoxy) is 2. The van der Waals surface area contributed by atoms with Gasteiger partial charge in [0.1, 0.15) is 17.8 Å². The van der Waals surface area contributed by atoms with Gasteiger partial charge in [-0.3, -0.25) is 4.79 Å². The Morgan fingerprint density at radius 2 is 1.43 bits per heavy atom. The highest BCUT2D eigenvalue weighted by atomic mass is 19.4. The molecule has 47 heavy (non-hydrogen) atoms. The van der Waals surface area contributed by atoms with Crippen LogP contribution in [0.2, 0.25) is 0 Å². The molecule has 3 fully saturated rings. The number of carbonyl (C=O) groups excluding carboxylic acids is 2. The van der Waals surface area contributed by atoms with Crippen LogP contribution in [-0.2, 0) is 9.59 Å². The molecule has 6 rings (SSSR count). The van der Waals surface area contributed by atoms with Crippen LogP contribution in [0.5, 0.6) is 11.5 Å². The molecule has 1 N–H and O–H groups in total. The highest BCUT2D eigenvalue weighted by Gasteiger charge is 2.60. The molecule has 7 atom stereocenters. The summed E-state index contributed by atoms with van der Waals surface area (Å²) in [6.45, 7) is 4.53. The number of fused-ring (bicyclic) bond motifs is 5. The summed E-state index contributed by atoms with van der Waals surface area (Å²) in [6.07, 6.45) is 0.811. The van der Waals surface area contributed by atoms with Crippen LogP contribution in [0.15, 0.2) is 60.2 Å². The Hall–Kier alpha value is -3.50. The van der Waals surface area contributed by atoms with Crippen LogP contribution in [-0.4, -0.2) is 24.9 Å². The summed E-state index contributed by atoms with van der Waals surface area (Å²) in [7, 11) is 0. The van der Waals surface area contributed by atoms with Crippen LogP contribution in [0.4, 0.5) is 26.3 Å². The zero-order valence-corrected chi connectivity index (χ0v) is 26.3. The number of amides is 1. The molecule has 0 heterocycles. The van der Waals surface area contributed by atoms with Crippen molar-refractivity contribution in [3.05, 3.63) is 71.3 Å². The molecule has 0 radical (unpaired) electrons. The third-order valence-electron chi connectivity index (χ3n) is 11.8. The number of halogens is 6. The standard InChI is InChI=1S/C36H39F6NO4/c1-33-18-17-29-27(14-9-24-8-3-21(20-44)19-34(24,29)2)28(33)15-16-30(33)32(45)43-31(22-4-10-25(11-5-22)46-35(37,38)39)23-6-12-26(13-7-23)47-36(40,41)42/h4-8,10-13,20-21,27-31H,3,9,14-19H2,1-2H3,(H,43,45)/t21?,27?,28?,29?,30?,33-,34-/m0/s1. The average molecular weight is 664 g/mol. The van der Waals surface area contributed by atoms with Crippen LogP contribution >= 0.6 is 0 Å². The molecule has 4 aliphatic rings. The monoisotopic (exact) mass is 663 g/mol. The number of nitrogens with one attached hydrogen (secondary N) is 1. The number of hydrogen-bond donors (Lipinski definition) is 1. The van der Waals surface area contributed by atoms with Crippen molar-refractivity contribution in [2.24, 2.45) is 40.4 Å². The molecule has 254 valence electrons. The quantitative estimate of drug-likeness (QED) is 0.182. The van der Waals surface area contributed by atoms with E-state index in [4.69, 9.17) is 0 Å². The van der Waals surface area contributed by atoms with Crippen LogP contribution < -0.4 is 14.8 Å². The summed E-state index contributed by atoms with van der Waals surface area (Å²) in [6, 6.07) is 9.34. The van der Waals surface area contributed by atoms with Gasteiger partial charge < -0.3 is 19.6 Å². The van der Waals surface area contributed by atoms with Crippen molar-refractivity contribution < 1.29 is 45.4 Å². The predicted molar refractivity (Wildman–Crippen MR) is 161 cm³/mol. The van der Waals surface area contributed by atoms with Crippen LogP contribution in [0.1, 0.15) is 82.4 Å². The molecule has 0 saturated heterocycles. The molecule has 4 aliphatic carbocycles. The summed E-state index contributed by atoms with van der Waals surface area (Å²) >= 11 is 0. The largest absolute Gasteiger partial charge is 0.573 e. The van der Waals surface area contributed by atoms with Gasteiger partial charge in [0, 0.05) is 11.8 Å². The second kappa shape index (κ2) is 12.2. The van der Waals surface area contributed by atoms with Gasteiger partial charge in [-0.05, 0) is 115 Å². The molecule has 0 bridgehead atoms. The maximum Gasteiger partial charge on any atom is 0.573 e. The molecule has 3 saturated carbocycles. The van der Waals surface area contributed by atoms with Gasteiger partial charge in [0.25, 0.3) is 0 Å². The van der Waals surface area contributed by atoms with E-state index in [2.05, 4.69) is 34.7 Å². The number of carbonyl (C=O) groups is 2. The van der Waals surface area contributed by atoms with Crippen LogP contribution in [0, 0.1) is 40.4 Å². The maximum atomic E-state index is 14.2. The normalized spacial score (nSPS) is 32.0. The molecular formula is C36H39F6NO4. The second-order valence-corrected chi connectivity index (χ2v) is 14.2. The van der Waals surface area contributed by atoms with E-state index in [9.17, 15) is 35.9 Å². The second-order valence-electron chi connectivity index (χ2n) is 14.2. The summed E-state index contributed by atoms with van der Waals surface area (Å²) in [5.41, 5.74) is 2.10. The van der Waals surface area contributed by atoms with Crippen molar-refractivity contribution in [3.63, 3.8) is 0 Å². The molecule has 0 aromatic heterocycles. The summed E-state index contributed by atoms with van der Waals surface area (Å²) in [5, 5.41) is 3.11. The lowest BCUT2D eigenvalue weighted by Crippen LogP contribution is -2.52. The van der Waals surface area contributed by atoms with E-state index in [0.717, 1.165) is 75.5 Å². The van der Waals surface area contributed by atoms with E-state index >= 15 is 0 Å². The molecule has 5 nitrogen and oxygen atoms in total. The fraction of sp³-hybridized carbons (Fsp3) is 0.556. The topological polar surface area (TPSA) is 64.6 Å². The van der Waals surface area contributed by atoms with Crippen LogP contribution in [0.25, 0.3) is 0 Å². The van der Waals surface area contributed by atoms with Gasteiger partial charge in [-0.2, -0.15) is 0 Å². The van der Waals surface area contributed by atoms with Crippen molar-refractivity contribution in [3.8, 4) is 11.5 Å². The number of allylic oxidation sites excluding steroid dienone is 2. The Morgan fingerprint density at radius 1 is 0.851 bits per heavy atom. The van der Waals surface area contributed by atoms with E-state index < -0.39 is 30.3 Å². The maximum absolute atomic E-state index is 14.2. The van der Waals surface area contributed by atoms with E-state index in [1.807, 2.05) is 0 Å². The first kappa shape index (κ1) is 33.4. The van der Waals surface area contributed by atoms with Gasteiger partial charge in [-0.15, -0.1) is 26.3 Å². The summed E-state index contributed by atoms with van der Waals surface area (Å²) < 4.78 is 84.7. The minimum absolute atomic E-state index is 0.0104. The van der Waals surface area contributed by atoms with Crippen LogP contribution in [0.3, 0.4) is 0 Å². The van der Waals surface area contributed by atoms with Crippen molar-refractivity contribution in [2.75, 3.05) is 0 Å². The molecule has 2 aromatic rings. The minimum Gasteiger partial charge on any atom is -0.406 e. The molecule has 2 aromatic carbocycles. The fourth-order valence-corrected chi connectivity index (χ4v) is 9.73. The summed E-state index contributed by atoms with van der Waals surface area (Å²) in [5.74, 6) is -0.0907. The minimum atomic E-state index is -4.88. The first-order chi connectivity index (χ1) is 22.1. The molecule has 0 aliphatic heterocycles. The zero-order valence-electron chi connectivity index (χ0n) is 26.3. The Kier molecular flexibility index (Phi) is 8.66. The van der Waals surface area contributed by atoms with E-state index in [0.29, 0.717) is 35.3 Å². The highest BCUT2D eigenvalue weighted by molar-refractivity contribution is 5.81. The van der Waals surface area contributed by atoms with Crippen molar-refractivity contribution in [1.29, 1.82) is 0 Å². The number of benzene rings is 2. The van der Waals surface area contributed by atoms with Gasteiger partial charge >= 0.3 is 12.7 Å². The third kappa shape index (κ3) is 6.64. The lowest BCUT2D eigenvalue weighted by molar-refractivity contribution is -0.275.